The van der Waals surface area contributed by atoms with Gasteiger partial charge < -0.3 is 14.7 Å². The Kier molecular flexibility index (Phi) is 5.65. The number of carbonyl (C=O) groups is 1. The van der Waals surface area contributed by atoms with Crippen LogP contribution in [0.2, 0.25) is 0 Å². The van der Waals surface area contributed by atoms with Gasteiger partial charge in [-0.2, -0.15) is 21.6 Å². The quantitative estimate of drug-likeness (QED) is 0.411. The SMILES string of the molecule is [B]C([B])(c1ccc(F)cc1)S(=O)(=O)OC1=C(N)O[C@@]([B])(c2ccc(C(F)(F)F)cc2)C1=O. The van der Waals surface area contributed by atoms with Crippen LogP contribution in [0.1, 0.15) is 16.7 Å². The van der Waals surface area contributed by atoms with E-state index in [1.165, 1.54) is 0 Å². The van der Waals surface area contributed by atoms with Crippen LogP contribution in [0.25, 0.3) is 0 Å². The number of Topliss-reactive ketones (excluding diaryl/α,β-unsaturated/α-hetero) is 1. The Morgan fingerprint density at radius 2 is 1.47 bits per heavy atom. The standard InChI is InChI=1S/C18H10B3F4NO5S/c19-16(9-1-3-11(4-2-9)18(23,24)25)14(27)13(15(26)30-16)31-32(28,29)17(20,21)10-5-7-12(22)8-6-10/h1-8H,26H2/t16-/m0/s1. The van der Waals surface area contributed by atoms with Crippen molar-refractivity contribution in [3.63, 3.8) is 0 Å². The first-order chi connectivity index (χ1) is 14.6. The van der Waals surface area contributed by atoms with E-state index in [4.69, 9.17) is 38.2 Å². The summed E-state index contributed by atoms with van der Waals surface area (Å²) in [5.41, 5.74) is 1.50. The molecular weight excluding hydrogens is 451 g/mol. The molecule has 2 aromatic carbocycles. The summed E-state index contributed by atoms with van der Waals surface area (Å²) in [5, 5.41) is 0. The van der Waals surface area contributed by atoms with E-state index in [1.807, 2.05) is 0 Å². The van der Waals surface area contributed by atoms with Crippen LogP contribution in [0.5, 0.6) is 0 Å². The van der Waals surface area contributed by atoms with Gasteiger partial charge in [-0.3, -0.25) is 4.79 Å². The van der Waals surface area contributed by atoms with E-state index >= 15 is 0 Å². The Hall–Kier alpha value is -2.89. The average Bonchev–Trinajstić information content (AvgIpc) is 2.91. The molecular formula is C18H10B3F4NO5S. The molecule has 3 rings (SSSR count). The Labute approximate surface area is 184 Å². The molecule has 0 aliphatic carbocycles. The summed E-state index contributed by atoms with van der Waals surface area (Å²) in [7, 11) is 12.1. The average molecular weight is 461 g/mol. The molecule has 0 unspecified atom stereocenters. The zero-order valence-electron chi connectivity index (χ0n) is 15.9. The van der Waals surface area contributed by atoms with Crippen LogP contribution in [-0.4, -0.2) is 37.7 Å². The fourth-order valence-corrected chi connectivity index (χ4v) is 3.70. The number of rotatable bonds is 5. The van der Waals surface area contributed by atoms with Crippen molar-refractivity contribution in [1.82, 2.24) is 0 Å². The molecule has 0 bridgehead atoms. The smallest absolute Gasteiger partial charge is 0.416 e. The number of ketones is 1. The van der Waals surface area contributed by atoms with Gasteiger partial charge >= 0.3 is 16.3 Å². The van der Waals surface area contributed by atoms with Gasteiger partial charge in [-0.15, -0.1) is 0 Å². The topological polar surface area (TPSA) is 95.7 Å². The molecule has 6 radical (unpaired) electrons. The summed E-state index contributed by atoms with van der Waals surface area (Å²) in [6, 6.07) is 6.77. The minimum absolute atomic E-state index is 0.264. The lowest BCUT2D eigenvalue weighted by Crippen LogP contribution is -2.40. The largest absolute Gasteiger partial charge is 0.467 e. The molecule has 0 aromatic heterocycles. The maximum absolute atomic E-state index is 13.1. The van der Waals surface area contributed by atoms with Gasteiger partial charge in [0.2, 0.25) is 17.4 Å². The second-order valence-corrected chi connectivity index (χ2v) is 8.52. The Balaban J connectivity index is 1.90. The molecule has 160 valence electrons. The van der Waals surface area contributed by atoms with Crippen molar-refractivity contribution in [2.24, 2.45) is 5.73 Å². The molecule has 1 heterocycles. The number of alkyl halides is 3. The molecule has 1 atom stereocenters. The van der Waals surface area contributed by atoms with Gasteiger partial charge in [-0.25, -0.2) is 4.39 Å². The summed E-state index contributed by atoms with van der Waals surface area (Å²) >= 11 is 0. The lowest BCUT2D eigenvalue weighted by molar-refractivity contribution is -0.137. The number of hydrogen-bond acceptors (Lipinski definition) is 6. The maximum atomic E-state index is 13.1. The highest BCUT2D eigenvalue weighted by Gasteiger charge is 2.50. The predicted molar refractivity (Wildman–Crippen MR) is 106 cm³/mol. The van der Waals surface area contributed by atoms with Crippen molar-refractivity contribution in [3.8, 4) is 0 Å². The summed E-state index contributed by atoms with van der Waals surface area (Å²) < 4.78 is 83.7. The number of halogens is 4. The second-order valence-electron chi connectivity index (χ2n) is 6.77. The molecule has 0 saturated carbocycles. The van der Waals surface area contributed by atoms with E-state index in [9.17, 15) is 30.8 Å². The molecule has 0 spiro atoms. The predicted octanol–water partition coefficient (Wildman–Crippen LogP) is 1.39. The van der Waals surface area contributed by atoms with Gasteiger partial charge in [0.1, 0.15) is 13.7 Å². The highest BCUT2D eigenvalue weighted by Crippen LogP contribution is 2.39. The molecule has 2 aromatic rings. The maximum Gasteiger partial charge on any atom is 0.416 e. The first kappa shape index (κ1) is 23.8. The zero-order valence-corrected chi connectivity index (χ0v) is 16.7. The van der Waals surface area contributed by atoms with Crippen LogP contribution in [0.3, 0.4) is 0 Å². The molecule has 14 heteroatoms. The molecule has 1 aliphatic heterocycles. The number of carbonyl (C=O) groups excluding carboxylic acids is 1. The molecule has 1 aliphatic rings. The summed E-state index contributed by atoms with van der Waals surface area (Å²) in [6.45, 7) is 0. The lowest BCUT2D eigenvalue weighted by Gasteiger charge is -2.26. The number of ether oxygens (including phenoxy) is 1. The van der Waals surface area contributed by atoms with Crippen LogP contribution in [0.4, 0.5) is 17.6 Å². The zero-order chi connectivity index (χ0) is 24.1. The van der Waals surface area contributed by atoms with Crippen molar-refractivity contribution >= 4 is 39.4 Å². The van der Waals surface area contributed by atoms with Gasteiger partial charge in [0.05, 0.1) is 25.8 Å². The minimum Gasteiger partial charge on any atom is -0.467 e. The van der Waals surface area contributed by atoms with E-state index in [-0.39, 0.29) is 11.1 Å². The normalized spacial score (nSPS) is 19.7. The van der Waals surface area contributed by atoms with Gasteiger partial charge in [0.15, 0.2) is 5.50 Å². The van der Waals surface area contributed by atoms with Gasteiger partial charge in [0, 0.05) is 0 Å². The van der Waals surface area contributed by atoms with Gasteiger partial charge in [-0.05, 0) is 35.4 Å². The van der Waals surface area contributed by atoms with E-state index in [1.54, 1.807) is 0 Å². The molecule has 6 nitrogen and oxygen atoms in total. The van der Waals surface area contributed by atoms with E-state index < -0.39 is 55.1 Å². The third kappa shape index (κ3) is 3.99. The van der Waals surface area contributed by atoms with Gasteiger partial charge in [0.25, 0.3) is 0 Å². The fraction of sp³-hybridized carbons (Fsp3) is 0.167. The lowest BCUT2D eigenvalue weighted by atomic mass is 9.65. The summed E-state index contributed by atoms with van der Waals surface area (Å²) in [6.07, 6.45) is -4.65. The summed E-state index contributed by atoms with van der Waals surface area (Å²) in [5.74, 6) is -3.95. The van der Waals surface area contributed by atoms with Crippen molar-refractivity contribution < 1.29 is 39.7 Å². The fourth-order valence-electron chi connectivity index (χ4n) is 2.76. The molecule has 0 saturated heterocycles. The third-order valence-electron chi connectivity index (χ3n) is 4.58. The highest BCUT2D eigenvalue weighted by molar-refractivity contribution is 7.90. The number of nitrogens with two attached hydrogens (primary N) is 1. The van der Waals surface area contributed by atoms with E-state index in [0.717, 1.165) is 36.4 Å². The van der Waals surface area contributed by atoms with Crippen molar-refractivity contribution in [2.45, 2.75) is 16.2 Å². The summed E-state index contributed by atoms with van der Waals surface area (Å²) in [4.78, 5) is 12.8. The Bertz CT molecular complexity index is 1200. The highest BCUT2D eigenvalue weighted by atomic mass is 32.2. The van der Waals surface area contributed by atoms with Crippen molar-refractivity contribution in [3.05, 3.63) is 82.7 Å². The molecule has 0 fully saturated rings. The second kappa shape index (κ2) is 7.61. The van der Waals surface area contributed by atoms with Crippen LogP contribution < -0.4 is 5.73 Å². The molecule has 0 amide bonds. The first-order valence-electron chi connectivity index (χ1n) is 8.57. The van der Waals surface area contributed by atoms with Crippen LogP contribution in [-0.2, 0) is 40.1 Å². The molecule has 32 heavy (non-hydrogen) atoms. The van der Waals surface area contributed by atoms with Crippen LogP contribution in [0.15, 0.2) is 60.2 Å². The number of hydrogen-bond donors (Lipinski definition) is 1. The first-order valence-corrected chi connectivity index (χ1v) is 9.98. The van der Waals surface area contributed by atoms with E-state index in [2.05, 4.69) is 0 Å². The van der Waals surface area contributed by atoms with Crippen molar-refractivity contribution in [2.75, 3.05) is 0 Å². The Morgan fingerprint density at radius 3 is 1.97 bits per heavy atom. The van der Waals surface area contributed by atoms with Crippen LogP contribution in [0, 0.1) is 5.82 Å². The van der Waals surface area contributed by atoms with Crippen LogP contribution >= 0.6 is 0 Å². The van der Waals surface area contributed by atoms with Gasteiger partial charge in [-0.1, -0.05) is 24.3 Å². The Morgan fingerprint density at radius 1 is 0.969 bits per heavy atom. The third-order valence-corrected chi connectivity index (χ3v) is 6.03. The monoisotopic (exact) mass is 461 g/mol. The number of benzene rings is 2. The van der Waals surface area contributed by atoms with E-state index in [0.29, 0.717) is 12.1 Å². The molecule has 2 N–H and O–H groups in total. The van der Waals surface area contributed by atoms with Crippen molar-refractivity contribution in [1.29, 1.82) is 0 Å². The minimum atomic E-state index is -5.04.